The van der Waals surface area contributed by atoms with Crippen LogP contribution in [0.25, 0.3) is 10.4 Å². The van der Waals surface area contributed by atoms with Crippen LogP contribution in [-0.2, 0) is 22.3 Å². The van der Waals surface area contributed by atoms with Crippen LogP contribution in [0.5, 0.6) is 0 Å². The first kappa shape index (κ1) is 20.5. The monoisotopic (exact) mass is 415 g/mol. The molecule has 7 heteroatoms. The zero-order valence-electron chi connectivity index (χ0n) is 16.1. The van der Waals surface area contributed by atoms with Crippen LogP contribution >= 0.6 is 11.3 Å². The third-order valence-electron chi connectivity index (χ3n) is 4.22. The minimum absolute atomic E-state index is 0.0146. The van der Waals surface area contributed by atoms with Gasteiger partial charge in [-0.3, -0.25) is 0 Å². The summed E-state index contributed by atoms with van der Waals surface area (Å²) < 4.78 is 27.7. The van der Waals surface area contributed by atoms with E-state index >= 15 is 0 Å². The highest BCUT2D eigenvalue weighted by Crippen LogP contribution is 2.29. The number of nitrogens with zero attached hydrogens (tertiary/aromatic N) is 2. The van der Waals surface area contributed by atoms with E-state index in [9.17, 15) is 8.42 Å². The minimum Gasteiger partial charge on any atom is -0.384 e. The summed E-state index contributed by atoms with van der Waals surface area (Å²) in [5.74, 6) is 0.739. The van der Waals surface area contributed by atoms with Gasteiger partial charge in [0.25, 0.3) is 0 Å². The van der Waals surface area contributed by atoms with Crippen molar-refractivity contribution in [3.63, 3.8) is 0 Å². The SMILES string of the molecule is CC(C)CN(Cc1ccc(-c2ccc(N)nc2)s1)S(=O)(=O)Cc1ccccc1. The first-order valence-corrected chi connectivity index (χ1v) is 11.6. The molecular formula is C21H25N3O2S2. The summed E-state index contributed by atoms with van der Waals surface area (Å²) in [6, 6.07) is 17.0. The quantitative estimate of drug-likeness (QED) is 0.592. The molecular weight excluding hydrogens is 390 g/mol. The average Bonchev–Trinajstić information content (AvgIpc) is 3.10. The fourth-order valence-electron chi connectivity index (χ4n) is 2.90. The van der Waals surface area contributed by atoms with Gasteiger partial charge in [0.15, 0.2) is 0 Å². The fourth-order valence-corrected chi connectivity index (χ4v) is 5.66. The Hall–Kier alpha value is -2.22. The second-order valence-corrected chi connectivity index (χ2v) is 10.3. The molecule has 2 heterocycles. The number of aromatic nitrogens is 1. The van der Waals surface area contributed by atoms with Crippen LogP contribution < -0.4 is 5.73 Å². The molecule has 3 aromatic rings. The number of anilines is 1. The normalized spacial score (nSPS) is 12.0. The highest BCUT2D eigenvalue weighted by Gasteiger charge is 2.24. The van der Waals surface area contributed by atoms with Gasteiger partial charge in [-0.25, -0.2) is 13.4 Å². The van der Waals surface area contributed by atoms with E-state index in [2.05, 4.69) is 4.98 Å². The molecule has 2 aromatic heterocycles. The van der Waals surface area contributed by atoms with Crippen LogP contribution in [0.1, 0.15) is 24.3 Å². The van der Waals surface area contributed by atoms with E-state index in [1.807, 2.05) is 62.4 Å². The fraction of sp³-hybridized carbons (Fsp3) is 0.286. The molecule has 0 saturated heterocycles. The van der Waals surface area contributed by atoms with Gasteiger partial charge in [0.1, 0.15) is 5.82 Å². The molecule has 0 radical (unpaired) electrons. The lowest BCUT2D eigenvalue weighted by molar-refractivity contribution is 0.364. The van der Waals surface area contributed by atoms with Crippen molar-refractivity contribution in [1.82, 2.24) is 9.29 Å². The molecule has 28 heavy (non-hydrogen) atoms. The third-order valence-corrected chi connectivity index (χ3v) is 7.10. The predicted octanol–water partition coefficient (Wildman–Crippen LogP) is 4.38. The first-order valence-electron chi connectivity index (χ1n) is 9.16. The van der Waals surface area contributed by atoms with Crippen molar-refractivity contribution in [2.45, 2.75) is 26.1 Å². The molecule has 5 nitrogen and oxygen atoms in total. The van der Waals surface area contributed by atoms with Gasteiger partial charge < -0.3 is 5.73 Å². The zero-order chi connectivity index (χ0) is 20.1. The summed E-state index contributed by atoms with van der Waals surface area (Å²) in [5.41, 5.74) is 7.43. The van der Waals surface area contributed by atoms with Gasteiger partial charge in [-0.2, -0.15) is 4.31 Å². The molecule has 3 rings (SSSR count). The Labute approximate surface area is 170 Å². The smallest absolute Gasteiger partial charge is 0.218 e. The van der Waals surface area contributed by atoms with Crippen molar-refractivity contribution in [3.8, 4) is 10.4 Å². The summed E-state index contributed by atoms with van der Waals surface area (Å²) in [4.78, 5) is 6.18. The highest BCUT2D eigenvalue weighted by molar-refractivity contribution is 7.88. The van der Waals surface area contributed by atoms with Crippen LogP contribution in [0.4, 0.5) is 5.82 Å². The predicted molar refractivity (Wildman–Crippen MR) is 116 cm³/mol. The molecule has 0 saturated carbocycles. The van der Waals surface area contributed by atoms with Gasteiger partial charge in [-0.05, 0) is 35.7 Å². The van der Waals surface area contributed by atoms with Gasteiger partial charge in [0.2, 0.25) is 10.0 Å². The number of sulfonamides is 1. The number of nitrogen functional groups attached to an aromatic ring is 1. The van der Waals surface area contributed by atoms with Gasteiger partial charge >= 0.3 is 0 Å². The number of thiophene rings is 1. The lowest BCUT2D eigenvalue weighted by Crippen LogP contribution is -2.34. The van der Waals surface area contributed by atoms with E-state index in [-0.39, 0.29) is 11.7 Å². The van der Waals surface area contributed by atoms with Crippen LogP contribution in [0.3, 0.4) is 0 Å². The van der Waals surface area contributed by atoms with Crippen molar-refractivity contribution in [1.29, 1.82) is 0 Å². The van der Waals surface area contributed by atoms with Crippen molar-refractivity contribution >= 4 is 27.2 Å². The van der Waals surface area contributed by atoms with E-state index in [1.54, 1.807) is 27.9 Å². The van der Waals surface area contributed by atoms with Crippen LogP contribution in [0.2, 0.25) is 0 Å². The zero-order valence-corrected chi connectivity index (χ0v) is 17.7. The molecule has 0 amide bonds. The molecule has 0 aliphatic rings. The largest absolute Gasteiger partial charge is 0.384 e. The molecule has 0 bridgehead atoms. The van der Waals surface area contributed by atoms with E-state index in [0.29, 0.717) is 18.9 Å². The number of hydrogen-bond acceptors (Lipinski definition) is 5. The first-order chi connectivity index (χ1) is 13.3. The van der Waals surface area contributed by atoms with Gasteiger partial charge in [-0.1, -0.05) is 44.2 Å². The number of pyridine rings is 1. The molecule has 0 atom stereocenters. The number of rotatable bonds is 8. The maximum Gasteiger partial charge on any atom is 0.218 e. The summed E-state index contributed by atoms with van der Waals surface area (Å²) >= 11 is 1.58. The highest BCUT2D eigenvalue weighted by atomic mass is 32.2. The Bertz CT molecular complexity index is 998. The van der Waals surface area contributed by atoms with E-state index in [4.69, 9.17) is 5.73 Å². The maximum atomic E-state index is 13.1. The summed E-state index contributed by atoms with van der Waals surface area (Å²) in [6.07, 6.45) is 1.74. The molecule has 0 aliphatic heterocycles. The second kappa shape index (κ2) is 8.86. The molecule has 0 fully saturated rings. The van der Waals surface area contributed by atoms with Gasteiger partial charge in [0, 0.05) is 34.6 Å². The van der Waals surface area contributed by atoms with Crippen molar-refractivity contribution in [3.05, 3.63) is 71.2 Å². The summed E-state index contributed by atoms with van der Waals surface area (Å²) in [7, 11) is -3.42. The standard InChI is InChI=1S/C21H25N3O2S2/c1-16(2)13-24(28(25,26)15-17-6-4-3-5-7-17)14-19-9-10-20(27-19)18-8-11-21(22)23-12-18/h3-12,16H,13-15H2,1-2H3,(H2,22,23). The van der Waals surface area contributed by atoms with E-state index in [0.717, 1.165) is 20.9 Å². The molecule has 1 aromatic carbocycles. The second-order valence-electron chi connectivity index (χ2n) is 7.17. The van der Waals surface area contributed by atoms with Crippen LogP contribution in [0, 0.1) is 5.92 Å². The lowest BCUT2D eigenvalue weighted by atomic mass is 10.2. The number of hydrogen-bond donors (Lipinski definition) is 1. The minimum atomic E-state index is -3.42. The third kappa shape index (κ3) is 5.41. The van der Waals surface area contributed by atoms with E-state index in [1.165, 1.54) is 0 Å². The Kier molecular flexibility index (Phi) is 6.49. The Morgan fingerprint density at radius 1 is 1.07 bits per heavy atom. The maximum absolute atomic E-state index is 13.1. The van der Waals surface area contributed by atoms with Crippen molar-refractivity contribution in [2.24, 2.45) is 5.92 Å². The molecule has 2 N–H and O–H groups in total. The summed E-state index contributed by atoms with van der Waals surface area (Å²) in [5, 5.41) is 0. The number of benzene rings is 1. The lowest BCUT2D eigenvalue weighted by Gasteiger charge is -2.23. The van der Waals surface area contributed by atoms with Crippen LogP contribution in [-0.4, -0.2) is 24.3 Å². The van der Waals surface area contributed by atoms with Gasteiger partial charge in [-0.15, -0.1) is 11.3 Å². The van der Waals surface area contributed by atoms with E-state index < -0.39 is 10.0 Å². The molecule has 0 aliphatic carbocycles. The molecule has 0 spiro atoms. The Morgan fingerprint density at radius 3 is 2.46 bits per heavy atom. The molecule has 0 unspecified atom stereocenters. The molecule has 148 valence electrons. The van der Waals surface area contributed by atoms with Crippen molar-refractivity contribution < 1.29 is 8.42 Å². The Balaban J connectivity index is 1.80. The Morgan fingerprint density at radius 2 is 1.82 bits per heavy atom. The van der Waals surface area contributed by atoms with Gasteiger partial charge in [0.05, 0.1) is 5.75 Å². The average molecular weight is 416 g/mol. The topological polar surface area (TPSA) is 76.3 Å². The number of nitrogens with two attached hydrogens (primary N) is 1. The summed E-state index contributed by atoms with van der Waals surface area (Å²) in [6.45, 7) is 4.93. The van der Waals surface area contributed by atoms with Crippen LogP contribution in [0.15, 0.2) is 60.8 Å². The van der Waals surface area contributed by atoms with Crippen molar-refractivity contribution in [2.75, 3.05) is 12.3 Å².